The number of nitrogens with one attached hydrogen (secondary N) is 2. The van der Waals surface area contributed by atoms with Crippen LogP contribution in [0.2, 0.25) is 5.02 Å². The molecule has 7 nitrogen and oxygen atoms in total. The van der Waals surface area contributed by atoms with Crippen LogP contribution in [0.5, 0.6) is 0 Å². The Bertz CT molecular complexity index is 958. The summed E-state index contributed by atoms with van der Waals surface area (Å²) in [5.41, 5.74) is 1.99. The van der Waals surface area contributed by atoms with Crippen molar-refractivity contribution >= 4 is 40.2 Å². The number of nitro benzene ring substituents is 1. The predicted octanol–water partition coefficient (Wildman–Crippen LogP) is 3.17. The number of nitro groups is 1. The van der Waals surface area contributed by atoms with Crippen molar-refractivity contribution in [3.05, 3.63) is 67.6 Å². The molecule has 3 aromatic rings. The third-order valence-corrected chi connectivity index (χ3v) is 3.39. The lowest BCUT2D eigenvalue weighted by Gasteiger charge is -1.98. The van der Waals surface area contributed by atoms with Crippen LogP contribution in [0, 0.1) is 10.1 Å². The minimum absolute atomic E-state index is 0.0590. The molecule has 22 heavy (non-hydrogen) atoms. The van der Waals surface area contributed by atoms with Gasteiger partial charge in [0.05, 0.1) is 21.6 Å². The monoisotopic (exact) mass is 316 g/mol. The lowest BCUT2D eigenvalue weighted by Crippen LogP contribution is -1.99. The Labute approximate surface area is 128 Å². The summed E-state index contributed by atoms with van der Waals surface area (Å²) in [6.45, 7) is 0. The standard InChI is InChI=1S/C14H9ClN4O3/c15-11-3-2-10(19(21)22)5-8(11)7-16-9-1-4-12-13(6-9)18-14(20)17-12/h1-7H,(H2,17,18,20). The predicted molar refractivity (Wildman–Crippen MR) is 84.3 cm³/mol. The smallest absolute Gasteiger partial charge is 0.306 e. The number of halogens is 1. The summed E-state index contributed by atoms with van der Waals surface area (Å²) in [4.78, 5) is 31.0. The molecule has 8 heteroatoms. The fourth-order valence-corrected chi connectivity index (χ4v) is 2.15. The Balaban J connectivity index is 1.96. The van der Waals surface area contributed by atoms with Crippen LogP contribution < -0.4 is 5.69 Å². The number of aromatic nitrogens is 2. The number of rotatable bonds is 3. The Morgan fingerprint density at radius 1 is 1.14 bits per heavy atom. The molecule has 0 bridgehead atoms. The normalized spacial score (nSPS) is 11.3. The second kappa shape index (κ2) is 5.45. The maximum absolute atomic E-state index is 11.2. The molecule has 0 aliphatic carbocycles. The highest BCUT2D eigenvalue weighted by molar-refractivity contribution is 6.33. The number of hydrogen-bond acceptors (Lipinski definition) is 4. The van der Waals surface area contributed by atoms with E-state index in [0.717, 1.165) is 0 Å². The van der Waals surface area contributed by atoms with Crippen molar-refractivity contribution in [2.24, 2.45) is 4.99 Å². The second-order valence-corrected chi connectivity index (χ2v) is 4.94. The van der Waals surface area contributed by atoms with Gasteiger partial charge in [0.25, 0.3) is 5.69 Å². The van der Waals surface area contributed by atoms with Crippen molar-refractivity contribution in [3.63, 3.8) is 0 Å². The van der Waals surface area contributed by atoms with E-state index in [9.17, 15) is 14.9 Å². The Kier molecular flexibility index (Phi) is 3.48. The van der Waals surface area contributed by atoms with E-state index in [1.165, 1.54) is 24.4 Å². The Morgan fingerprint density at radius 2 is 1.91 bits per heavy atom. The molecule has 0 saturated heterocycles. The molecule has 2 N–H and O–H groups in total. The summed E-state index contributed by atoms with van der Waals surface area (Å²) < 4.78 is 0. The molecule has 0 aliphatic rings. The molecule has 0 atom stereocenters. The van der Waals surface area contributed by atoms with E-state index in [1.807, 2.05) is 0 Å². The summed E-state index contributed by atoms with van der Waals surface area (Å²) in [7, 11) is 0. The van der Waals surface area contributed by atoms with E-state index in [0.29, 0.717) is 27.3 Å². The van der Waals surface area contributed by atoms with E-state index in [1.54, 1.807) is 18.2 Å². The fraction of sp³-hybridized carbons (Fsp3) is 0. The first-order valence-corrected chi connectivity index (χ1v) is 6.61. The van der Waals surface area contributed by atoms with Gasteiger partial charge in [-0.3, -0.25) is 15.1 Å². The van der Waals surface area contributed by atoms with E-state index >= 15 is 0 Å². The molecule has 1 heterocycles. The highest BCUT2D eigenvalue weighted by Gasteiger charge is 2.08. The van der Waals surface area contributed by atoms with Crippen LogP contribution in [0.3, 0.4) is 0 Å². The molecule has 110 valence electrons. The van der Waals surface area contributed by atoms with Crippen molar-refractivity contribution < 1.29 is 4.92 Å². The molecular weight excluding hydrogens is 308 g/mol. The van der Waals surface area contributed by atoms with Crippen molar-refractivity contribution in [1.82, 2.24) is 9.97 Å². The minimum Gasteiger partial charge on any atom is -0.306 e. The van der Waals surface area contributed by atoms with Gasteiger partial charge in [0.15, 0.2) is 0 Å². The zero-order chi connectivity index (χ0) is 15.7. The van der Waals surface area contributed by atoms with E-state index in [-0.39, 0.29) is 11.4 Å². The number of H-pyrrole nitrogens is 2. The van der Waals surface area contributed by atoms with Crippen LogP contribution in [0.1, 0.15) is 5.56 Å². The minimum atomic E-state index is -0.496. The van der Waals surface area contributed by atoms with Crippen molar-refractivity contribution in [2.75, 3.05) is 0 Å². The van der Waals surface area contributed by atoms with Gasteiger partial charge >= 0.3 is 5.69 Å². The average Bonchev–Trinajstić information content (AvgIpc) is 2.85. The maximum atomic E-state index is 11.2. The number of benzene rings is 2. The van der Waals surface area contributed by atoms with Crippen LogP contribution >= 0.6 is 11.6 Å². The molecule has 0 unspecified atom stereocenters. The number of imidazole rings is 1. The van der Waals surface area contributed by atoms with Crippen molar-refractivity contribution in [2.45, 2.75) is 0 Å². The third kappa shape index (κ3) is 2.75. The lowest BCUT2D eigenvalue weighted by atomic mass is 10.2. The van der Waals surface area contributed by atoms with Crippen LogP contribution in [0.4, 0.5) is 11.4 Å². The van der Waals surface area contributed by atoms with Gasteiger partial charge in [-0.2, -0.15) is 0 Å². The maximum Gasteiger partial charge on any atom is 0.323 e. The molecule has 0 spiro atoms. The Hall–Kier alpha value is -2.93. The quantitative estimate of drug-likeness (QED) is 0.440. The van der Waals surface area contributed by atoms with Crippen LogP contribution in [0.15, 0.2) is 46.2 Å². The highest BCUT2D eigenvalue weighted by atomic mass is 35.5. The van der Waals surface area contributed by atoms with Gasteiger partial charge in [-0.05, 0) is 24.3 Å². The van der Waals surface area contributed by atoms with Gasteiger partial charge in [0, 0.05) is 28.9 Å². The van der Waals surface area contributed by atoms with E-state index in [2.05, 4.69) is 15.0 Å². The molecule has 0 saturated carbocycles. The first kappa shape index (κ1) is 14.0. The molecule has 2 aromatic carbocycles. The first-order valence-electron chi connectivity index (χ1n) is 6.23. The number of nitrogens with zero attached hydrogens (tertiary/aromatic N) is 2. The van der Waals surface area contributed by atoms with Gasteiger partial charge in [-0.15, -0.1) is 0 Å². The largest absolute Gasteiger partial charge is 0.323 e. The summed E-state index contributed by atoms with van der Waals surface area (Å²) >= 11 is 6.00. The van der Waals surface area contributed by atoms with Crippen LogP contribution in [0.25, 0.3) is 11.0 Å². The van der Waals surface area contributed by atoms with Gasteiger partial charge in [0.2, 0.25) is 0 Å². The number of non-ortho nitro benzene ring substituents is 1. The summed E-state index contributed by atoms with van der Waals surface area (Å²) in [5, 5.41) is 11.1. The molecule has 3 rings (SSSR count). The zero-order valence-corrected chi connectivity index (χ0v) is 11.8. The molecular formula is C14H9ClN4O3. The topological polar surface area (TPSA) is 104 Å². The van der Waals surface area contributed by atoms with Gasteiger partial charge in [-0.25, -0.2) is 4.79 Å². The van der Waals surface area contributed by atoms with Gasteiger partial charge in [-0.1, -0.05) is 11.6 Å². The zero-order valence-electron chi connectivity index (χ0n) is 11.0. The summed E-state index contributed by atoms with van der Waals surface area (Å²) in [6.07, 6.45) is 1.45. The molecule has 0 radical (unpaired) electrons. The number of aliphatic imine (C=N–C) groups is 1. The van der Waals surface area contributed by atoms with Crippen molar-refractivity contribution in [1.29, 1.82) is 0 Å². The molecule has 0 fully saturated rings. The molecule has 0 aliphatic heterocycles. The molecule has 1 aromatic heterocycles. The lowest BCUT2D eigenvalue weighted by molar-refractivity contribution is -0.384. The summed E-state index contributed by atoms with van der Waals surface area (Å²) in [5.74, 6) is 0. The summed E-state index contributed by atoms with van der Waals surface area (Å²) in [6, 6.07) is 9.25. The highest BCUT2D eigenvalue weighted by Crippen LogP contribution is 2.22. The van der Waals surface area contributed by atoms with Crippen molar-refractivity contribution in [3.8, 4) is 0 Å². The average molecular weight is 317 g/mol. The first-order chi connectivity index (χ1) is 10.5. The number of fused-ring (bicyclic) bond motifs is 1. The Morgan fingerprint density at radius 3 is 2.68 bits per heavy atom. The SMILES string of the molecule is O=c1[nH]c2ccc(N=Cc3cc([N+](=O)[O-])ccc3Cl)cc2[nH]1. The second-order valence-electron chi connectivity index (χ2n) is 4.53. The van der Waals surface area contributed by atoms with E-state index < -0.39 is 4.92 Å². The van der Waals surface area contributed by atoms with E-state index in [4.69, 9.17) is 11.6 Å². The van der Waals surface area contributed by atoms with Gasteiger partial charge in [0.1, 0.15) is 0 Å². The number of aromatic amines is 2. The van der Waals surface area contributed by atoms with Crippen LogP contribution in [-0.4, -0.2) is 21.1 Å². The molecule has 0 amide bonds. The third-order valence-electron chi connectivity index (χ3n) is 3.04. The number of hydrogen-bond donors (Lipinski definition) is 2. The van der Waals surface area contributed by atoms with Crippen LogP contribution in [-0.2, 0) is 0 Å². The van der Waals surface area contributed by atoms with Gasteiger partial charge < -0.3 is 9.97 Å². The fourth-order valence-electron chi connectivity index (χ4n) is 1.99.